The molecule has 0 amide bonds. The molecule has 0 rings (SSSR count). The van der Waals surface area contributed by atoms with E-state index in [-0.39, 0.29) is 6.61 Å². The zero-order valence-corrected chi connectivity index (χ0v) is 7.34. The highest BCUT2D eigenvalue weighted by Gasteiger charge is 2.13. The smallest absolute Gasteiger partial charge is 0.404 e. The Bertz CT molecular complexity index is 171. The van der Waals surface area contributed by atoms with E-state index in [1.807, 2.05) is 0 Å². The molecular formula is C5H6Cl2O5. The topological polar surface area (TPSA) is 72.8 Å². The predicted octanol–water partition coefficient (Wildman–Crippen LogP) is 1.10. The molecule has 1 atom stereocenters. The standard InChI is InChI=1S/C5H6Cl2O5/c6-4(9)11-2-3(1-8)12-5(7)10/h3,8H,1-2H2. The number of ether oxygens (including phenoxy) is 2. The van der Waals surface area contributed by atoms with Crippen molar-refractivity contribution >= 4 is 34.1 Å². The van der Waals surface area contributed by atoms with Crippen LogP contribution in [-0.2, 0) is 9.47 Å². The van der Waals surface area contributed by atoms with Gasteiger partial charge >= 0.3 is 10.9 Å². The fourth-order valence-electron chi connectivity index (χ4n) is 0.413. The molecule has 0 saturated carbocycles. The number of aliphatic hydroxyl groups is 1. The van der Waals surface area contributed by atoms with Crippen LogP contribution in [0.2, 0.25) is 0 Å². The molecule has 5 nitrogen and oxygen atoms in total. The Hall–Kier alpha value is -0.520. The largest absolute Gasteiger partial charge is 0.450 e. The summed E-state index contributed by atoms with van der Waals surface area (Å²) in [7, 11) is 0. The van der Waals surface area contributed by atoms with Crippen LogP contribution in [0.3, 0.4) is 0 Å². The van der Waals surface area contributed by atoms with Gasteiger partial charge in [0.1, 0.15) is 6.61 Å². The van der Waals surface area contributed by atoms with Gasteiger partial charge in [-0.3, -0.25) is 0 Å². The highest BCUT2D eigenvalue weighted by atomic mass is 35.5. The molecular weight excluding hydrogens is 211 g/mol. The number of halogens is 2. The second-order valence-corrected chi connectivity index (χ2v) is 2.33. The minimum atomic E-state index is -1.08. The Balaban J connectivity index is 3.67. The Kier molecular flexibility index (Phi) is 5.79. The van der Waals surface area contributed by atoms with Crippen LogP contribution in [0.4, 0.5) is 9.59 Å². The molecule has 0 saturated heterocycles. The molecule has 0 spiro atoms. The molecule has 0 fully saturated rings. The normalized spacial score (nSPS) is 11.9. The molecule has 0 radical (unpaired) electrons. The quantitative estimate of drug-likeness (QED) is 0.713. The van der Waals surface area contributed by atoms with Gasteiger partial charge in [0, 0.05) is 23.2 Å². The van der Waals surface area contributed by atoms with Crippen molar-refractivity contribution in [3.05, 3.63) is 0 Å². The van der Waals surface area contributed by atoms with Crippen molar-refractivity contribution in [3.63, 3.8) is 0 Å². The van der Waals surface area contributed by atoms with E-state index in [0.717, 1.165) is 0 Å². The summed E-state index contributed by atoms with van der Waals surface area (Å²) in [4.78, 5) is 20.2. The van der Waals surface area contributed by atoms with E-state index in [1.165, 1.54) is 0 Å². The lowest BCUT2D eigenvalue weighted by molar-refractivity contribution is 0.0300. The molecule has 0 bridgehead atoms. The molecule has 1 N–H and O–H groups in total. The van der Waals surface area contributed by atoms with E-state index in [1.54, 1.807) is 0 Å². The Morgan fingerprint density at radius 1 is 1.33 bits per heavy atom. The van der Waals surface area contributed by atoms with Crippen LogP contribution in [0.25, 0.3) is 0 Å². The third kappa shape index (κ3) is 6.21. The second-order valence-electron chi connectivity index (χ2n) is 1.71. The molecule has 0 aliphatic carbocycles. The van der Waals surface area contributed by atoms with E-state index >= 15 is 0 Å². The van der Waals surface area contributed by atoms with Gasteiger partial charge in [-0.25, -0.2) is 9.59 Å². The van der Waals surface area contributed by atoms with E-state index in [4.69, 9.17) is 28.3 Å². The molecule has 0 heterocycles. The summed E-state index contributed by atoms with van der Waals surface area (Å²) in [5, 5.41) is 8.52. The van der Waals surface area contributed by atoms with Crippen LogP contribution in [0, 0.1) is 0 Å². The summed E-state index contributed by atoms with van der Waals surface area (Å²) in [6.45, 7) is -0.820. The average molecular weight is 217 g/mol. The van der Waals surface area contributed by atoms with Gasteiger partial charge in [0.15, 0.2) is 6.10 Å². The number of aliphatic hydroxyl groups excluding tert-OH is 1. The maximum absolute atomic E-state index is 10.1. The van der Waals surface area contributed by atoms with Crippen molar-refractivity contribution in [3.8, 4) is 0 Å². The minimum Gasteiger partial charge on any atom is -0.450 e. The summed E-state index contributed by atoms with van der Waals surface area (Å²) in [6.07, 6.45) is -0.974. The van der Waals surface area contributed by atoms with Crippen molar-refractivity contribution in [1.82, 2.24) is 0 Å². The molecule has 70 valence electrons. The van der Waals surface area contributed by atoms with Crippen molar-refractivity contribution in [2.45, 2.75) is 6.10 Å². The molecule has 0 aromatic carbocycles. The maximum Gasteiger partial charge on any atom is 0.404 e. The van der Waals surface area contributed by atoms with Crippen molar-refractivity contribution in [1.29, 1.82) is 0 Å². The van der Waals surface area contributed by atoms with Gasteiger partial charge in [0.05, 0.1) is 6.61 Å². The first kappa shape index (κ1) is 11.5. The molecule has 0 aliphatic heterocycles. The Labute approximate surface area is 78.1 Å². The van der Waals surface area contributed by atoms with E-state index < -0.39 is 23.6 Å². The van der Waals surface area contributed by atoms with Gasteiger partial charge in [-0.2, -0.15) is 0 Å². The third-order valence-corrected chi connectivity index (χ3v) is 1.04. The van der Waals surface area contributed by atoms with Crippen LogP contribution in [-0.4, -0.2) is 35.3 Å². The zero-order chi connectivity index (χ0) is 9.56. The van der Waals surface area contributed by atoms with Crippen LogP contribution < -0.4 is 0 Å². The highest BCUT2D eigenvalue weighted by molar-refractivity contribution is 6.61. The fourth-order valence-corrected chi connectivity index (χ4v) is 0.602. The number of hydrogen-bond donors (Lipinski definition) is 1. The summed E-state index contributed by atoms with van der Waals surface area (Å²) < 4.78 is 8.52. The summed E-state index contributed by atoms with van der Waals surface area (Å²) in [5.74, 6) is 0. The maximum atomic E-state index is 10.1. The SMILES string of the molecule is O=C(Cl)OCC(CO)OC(=O)Cl. The highest BCUT2D eigenvalue weighted by Crippen LogP contribution is 1.98. The van der Waals surface area contributed by atoms with Crippen molar-refractivity contribution in [2.75, 3.05) is 13.2 Å². The monoisotopic (exact) mass is 216 g/mol. The second kappa shape index (κ2) is 6.05. The number of carbonyl (C=O) groups is 2. The van der Waals surface area contributed by atoms with Crippen LogP contribution in [0.15, 0.2) is 0 Å². The van der Waals surface area contributed by atoms with Gasteiger partial charge in [-0.15, -0.1) is 0 Å². The lowest BCUT2D eigenvalue weighted by atomic mass is 10.4. The van der Waals surface area contributed by atoms with E-state index in [0.29, 0.717) is 0 Å². The average Bonchev–Trinajstić information content (AvgIpc) is 1.97. The van der Waals surface area contributed by atoms with Gasteiger partial charge < -0.3 is 14.6 Å². The van der Waals surface area contributed by atoms with Crippen LogP contribution in [0.5, 0.6) is 0 Å². The first-order valence-corrected chi connectivity index (χ1v) is 3.61. The van der Waals surface area contributed by atoms with Crippen molar-refractivity contribution in [2.24, 2.45) is 0 Å². The molecule has 12 heavy (non-hydrogen) atoms. The third-order valence-electron chi connectivity index (χ3n) is 0.846. The van der Waals surface area contributed by atoms with Gasteiger partial charge in [0.2, 0.25) is 0 Å². The number of hydrogen-bond acceptors (Lipinski definition) is 5. The zero-order valence-electron chi connectivity index (χ0n) is 5.83. The molecule has 0 aromatic rings. The first-order valence-electron chi connectivity index (χ1n) is 2.85. The number of rotatable bonds is 4. The van der Waals surface area contributed by atoms with Gasteiger partial charge in [-0.1, -0.05) is 0 Å². The molecule has 7 heteroatoms. The summed E-state index contributed by atoms with van der Waals surface area (Å²) in [6, 6.07) is 0. The van der Waals surface area contributed by atoms with Crippen LogP contribution in [0.1, 0.15) is 0 Å². The van der Waals surface area contributed by atoms with Crippen LogP contribution >= 0.6 is 23.2 Å². The summed E-state index contributed by atoms with van der Waals surface area (Å²) >= 11 is 9.62. The van der Waals surface area contributed by atoms with Crippen molar-refractivity contribution < 1.29 is 24.2 Å². The van der Waals surface area contributed by atoms with E-state index in [2.05, 4.69) is 9.47 Å². The molecule has 1 unspecified atom stereocenters. The summed E-state index contributed by atoms with van der Waals surface area (Å²) in [5.41, 5.74) is -2.13. The van der Waals surface area contributed by atoms with Gasteiger partial charge in [-0.05, 0) is 0 Å². The molecule has 0 aliphatic rings. The van der Waals surface area contributed by atoms with E-state index in [9.17, 15) is 9.59 Å². The number of carbonyl (C=O) groups excluding carboxylic acids is 2. The predicted molar refractivity (Wildman–Crippen MR) is 40.4 cm³/mol. The Morgan fingerprint density at radius 2 is 1.92 bits per heavy atom. The first-order chi connectivity index (χ1) is 5.56. The minimum absolute atomic E-state index is 0.322. The molecule has 0 aromatic heterocycles. The van der Waals surface area contributed by atoms with Gasteiger partial charge in [0.25, 0.3) is 0 Å². The lowest BCUT2D eigenvalue weighted by Gasteiger charge is -2.11. The fraction of sp³-hybridized carbons (Fsp3) is 0.600. The lowest BCUT2D eigenvalue weighted by Crippen LogP contribution is -2.25. The Morgan fingerprint density at radius 3 is 2.25 bits per heavy atom.